The fourth-order valence-electron chi connectivity index (χ4n) is 1.62. The first-order chi connectivity index (χ1) is 8.31. The van der Waals surface area contributed by atoms with Gasteiger partial charge in [0.05, 0.1) is 0 Å². The molecular formula is C12H10N4O. The Morgan fingerprint density at radius 1 is 1.24 bits per heavy atom. The molecule has 5 heteroatoms. The minimum absolute atomic E-state index is 0.195. The Kier molecular flexibility index (Phi) is 3.23. The molecule has 5 nitrogen and oxygen atoms in total. The maximum Gasteiger partial charge on any atom is 0.230 e. The monoisotopic (exact) mass is 226 g/mol. The Hall–Kier alpha value is -2.52. The summed E-state index contributed by atoms with van der Waals surface area (Å²) in [5.41, 5.74) is 8.85. The predicted octanol–water partition coefficient (Wildman–Crippen LogP) is 3.09. The summed E-state index contributed by atoms with van der Waals surface area (Å²) in [6, 6.07) is 13.4. The van der Waals surface area contributed by atoms with Crippen LogP contribution in [0.1, 0.15) is 0 Å². The van der Waals surface area contributed by atoms with Crippen molar-refractivity contribution in [2.45, 2.75) is 0 Å². The summed E-state index contributed by atoms with van der Waals surface area (Å²) in [6.07, 6.45) is 0. The van der Waals surface area contributed by atoms with E-state index in [1.54, 1.807) is 0 Å². The molecule has 1 N–H and O–H groups in total. The average Bonchev–Trinajstić information content (AvgIpc) is 2.37. The van der Waals surface area contributed by atoms with Crippen LogP contribution in [0.15, 0.2) is 47.6 Å². The van der Waals surface area contributed by atoms with Gasteiger partial charge in [-0.05, 0) is 17.0 Å². The minimum atomic E-state index is -0.320. The zero-order chi connectivity index (χ0) is 12.1. The van der Waals surface area contributed by atoms with Crippen LogP contribution < -0.4 is 5.32 Å². The van der Waals surface area contributed by atoms with Gasteiger partial charge >= 0.3 is 0 Å². The van der Waals surface area contributed by atoms with Gasteiger partial charge in [-0.25, -0.2) is 0 Å². The molecule has 0 saturated heterocycles. The minimum Gasteiger partial charge on any atom is -0.325 e. The summed E-state index contributed by atoms with van der Waals surface area (Å²) in [5, 5.41) is 7.94. The molecule has 1 amide bonds. The van der Waals surface area contributed by atoms with Crippen molar-refractivity contribution >= 4 is 22.4 Å². The Morgan fingerprint density at radius 3 is 2.82 bits per heavy atom. The molecule has 2 rings (SSSR count). The van der Waals surface area contributed by atoms with Crippen molar-refractivity contribution in [2.75, 3.05) is 11.9 Å². The zero-order valence-corrected chi connectivity index (χ0v) is 9.00. The molecule has 84 valence electrons. The highest BCUT2D eigenvalue weighted by Gasteiger charge is 2.03. The van der Waals surface area contributed by atoms with E-state index in [0.717, 1.165) is 16.5 Å². The first-order valence-electron chi connectivity index (χ1n) is 5.10. The van der Waals surface area contributed by atoms with E-state index in [0.29, 0.717) is 0 Å². The summed E-state index contributed by atoms with van der Waals surface area (Å²) in [5.74, 6) is -0.320. The molecule has 0 heterocycles. The third kappa shape index (κ3) is 2.53. The second kappa shape index (κ2) is 5.01. The number of anilines is 1. The summed E-state index contributed by atoms with van der Waals surface area (Å²) < 4.78 is 0. The van der Waals surface area contributed by atoms with Gasteiger partial charge in [0.15, 0.2) is 0 Å². The molecule has 0 bridgehead atoms. The Labute approximate surface area is 97.7 Å². The number of hydrogen-bond donors (Lipinski definition) is 1. The van der Waals surface area contributed by atoms with Gasteiger partial charge in [0.25, 0.3) is 0 Å². The molecular weight excluding hydrogens is 216 g/mol. The fraction of sp³-hybridized carbons (Fsp3) is 0.0833. The van der Waals surface area contributed by atoms with Crippen molar-refractivity contribution in [3.05, 3.63) is 52.9 Å². The number of carbonyl (C=O) groups is 1. The van der Waals surface area contributed by atoms with E-state index in [1.165, 1.54) is 0 Å². The lowest BCUT2D eigenvalue weighted by Crippen LogP contribution is -2.14. The highest BCUT2D eigenvalue weighted by atomic mass is 16.1. The summed E-state index contributed by atoms with van der Waals surface area (Å²) in [7, 11) is 0. The fourth-order valence-corrected chi connectivity index (χ4v) is 1.62. The van der Waals surface area contributed by atoms with E-state index in [4.69, 9.17) is 5.53 Å². The normalized spacial score (nSPS) is 9.65. The van der Waals surface area contributed by atoms with Crippen molar-refractivity contribution in [3.8, 4) is 0 Å². The van der Waals surface area contributed by atoms with E-state index in [-0.39, 0.29) is 12.5 Å². The summed E-state index contributed by atoms with van der Waals surface area (Å²) >= 11 is 0. The SMILES string of the molecule is [N-]=[N+]=NCC(=O)Nc1cccc2ccccc12. The van der Waals surface area contributed by atoms with Crippen LogP contribution in [0.5, 0.6) is 0 Å². The van der Waals surface area contributed by atoms with E-state index in [1.807, 2.05) is 42.5 Å². The van der Waals surface area contributed by atoms with Gasteiger partial charge in [-0.1, -0.05) is 41.5 Å². The van der Waals surface area contributed by atoms with Crippen LogP contribution in [0, 0.1) is 0 Å². The van der Waals surface area contributed by atoms with Crippen molar-refractivity contribution in [1.82, 2.24) is 0 Å². The molecule has 0 radical (unpaired) electrons. The van der Waals surface area contributed by atoms with Gasteiger partial charge in [-0.15, -0.1) is 0 Å². The number of benzene rings is 2. The molecule has 0 aliphatic heterocycles. The van der Waals surface area contributed by atoms with Crippen LogP contribution in [0.3, 0.4) is 0 Å². The van der Waals surface area contributed by atoms with Gasteiger partial charge in [0.1, 0.15) is 6.54 Å². The molecule has 17 heavy (non-hydrogen) atoms. The van der Waals surface area contributed by atoms with Gasteiger partial charge in [0.2, 0.25) is 5.91 Å². The number of nitrogens with one attached hydrogen (secondary N) is 1. The van der Waals surface area contributed by atoms with Crippen molar-refractivity contribution in [1.29, 1.82) is 0 Å². The number of amides is 1. The second-order valence-corrected chi connectivity index (χ2v) is 3.46. The third-order valence-corrected chi connectivity index (χ3v) is 2.34. The quantitative estimate of drug-likeness (QED) is 0.487. The lowest BCUT2D eigenvalue weighted by atomic mass is 10.1. The zero-order valence-electron chi connectivity index (χ0n) is 9.00. The maximum atomic E-state index is 11.4. The van der Waals surface area contributed by atoms with Crippen LogP contribution in [0.25, 0.3) is 21.2 Å². The molecule has 2 aromatic carbocycles. The molecule has 0 spiro atoms. The number of hydrogen-bond acceptors (Lipinski definition) is 2. The van der Waals surface area contributed by atoms with E-state index < -0.39 is 0 Å². The first-order valence-corrected chi connectivity index (χ1v) is 5.10. The number of rotatable bonds is 3. The molecule has 0 atom stereocenters. The van der Waals surface area contributed by atoms with E-state index >= 15 is 0 Å². The largest absolute Gasteiger partial charge is 0.325 e. The summed E-state index contributed by atoms with van der Waals surface area (Å²) in [4.78, 5) is 14.0. The lowest BCUT2D eigenvalue weighted by Gasteiger charge is -2.07. The number of nitrogens with zero attached hydrogens (tertiary/aromatic N) is 3. The smallest absolute Gasteiger partial charge is 0.230 e. The highest BCUT2D eigenvalue weighted by molar-refractivity contribution is 6.02. The Bertz CT molecular complexity index is 597. The molecule has 0 aliphatic rings. The van der Waals surface area contributed by atoms with Gasteiger partial charge < -0.3 is 5.32 Å². The third-order valence-electron chi connectivity index (χ3n) is 2.34. The van der Waals surface area contributed by atoms with Crippen LogP contribution in [0.4, 0.5) is 5.69 Å². The van der Waals surface area contributed by atoms with Gasteiger partial charge in [-0.3, -0.25) is 4.79 Å². The first kappa shape index (κ1) is 11.0. The second-order valence-electron chi connectivity index (χ2n) is 3.46. The topological polar surface area (TPSA) is 77.9 Å². The average molecular weight is 226 g/mol. The summed E-state index contributed by atoms with van der Waals surface area (Å²) in [6.45, 7) is -0.195. The number of azide groups is 1. The van der Waals surface area contributed by atoms with Crippen LogP contribution in [0.2, 0.25) is 0 Å². The Morgan fingerprint density at radius 2 is 2.00 bits per heavy atom. The molecule has 2 aromatic rings. The van der Waals surface area contributed by atoms with E-state index in [2.05, 4.69) is 15.3 Å². The van der Waals surface area contributed by atoms with Crippen molar-refractivity contribution < 1.29 is 4.79 Å². The van der Waals surface area contributed by atoms with Crippen LogP contribution in [-0.2, 0) is 4.79 Å². The molecule has 0 aromatic heterocycles. The van der Waals surface area contributed by atoms with Gasteiger partial charge in [0, 0.05) is 16.0 Å². The maximum absolute atomic E-state index is 11.4. The van der Waals surface area contributed by atoms with Crippen LogP contribution in [-0.4, -0.2) is 12.5 Å². The Balaban J connectivity index is 2.29. The van der Waals surface area contributed by atoms with Crippen LogP contribution >= 0.6 is 0 Å². The number of carbonyl (C=O) groups excluding carboxylic acids is 1. The van der Waals surface area contributed by atoms with E-state index in [9.17, 15) is 4.79 Å². The van der Waals surface area contributed by atoms with Gasteiger partial charge in [-0.2, -0.15) is 0 Å². The predicted molar refractivity (Wildman–Crippen MR) is 66.6 cm³/mol. The molecule has 0 unspecified atom stereocenters. The lowest BCUT2D eigenvalue weighted by molar-refractivity contribution is -0.114. The van der Waals surface area contributed by atoms with Crippen molar-refractivity contribution in [2.24, 2.45) is 5.11 Å². The standard InChI is InChI=1S/C12H10N4O/c13-16-14-8-12(17)15-11-7-3-5-9-4-1-2-6-10(9)11/h1-7H,8H2,(H,15,17). The molecule has 0 aliphatic carbocycles. The highest BCUT2D eigenvalue weighted by Crippen LogP contribution is 2.22. The number of fused-ring (bicyclic) bond motifs is 1. The molecule has 0 fully saturated rings. The molecule has 0 saturated carbocycles. The van der Waals surface area contributed by atoms with Crippen molar-refractivity contribution in [3.63, 3.8) is 0 Å².